The number of anilines is 1. The number of halogens is 1. The van der Waals surface area contributed by atoms with E-state index in [4.69, 9.17) is 11.6 Å². The number of carbonyl (C=O) groups is 1. The molecule has 2 aromatic rings. The number of nitrogens with zero attached hydrogens (tertiary/aromatic N) is 3. The second kappa shape index (κ2) is 7.32. The summed E-state index contributed by atoms with van der Waals surface area (Å²) < 4.78 is 0. The fourth-order valence-electron chi connectivity index (χ4n) is 3.64. The molecule has 1 unspecified atom stereocenters. The van der Waals surface area contributed by atoms with E-state index in [-0.39, 0.29) is 17.5 Å². The first-order chi connectivity index (χ1) is 13.0. The molecule has 1 atom stereocenters. The fraction of sp³-hybridized carbons (Fsp3) is 0.421. The molecule has 2 aliphatic rings. The van der Waals surface area contributed by atoms with Gasteiger partial charge in [-0.1, -0.05) is 11.6 Å². The van der Waals surface area contributed by atoms with E-state index in [1.165, 1.54) is 0 Å². The fourth-order valence-corrected chi connectivity index (χ4v) is 3.76. The first kappa shape index (κ1) is 18.0. The number of fused-ring (bicyclic) bond motifs is 1. The van der Waals surface area contributed by atoms with Gasteiger partial charge in [-0.15, -0.1) is 0 Å². The first-order valence-corrected chi connectivity index (χ1v) is 9.49. The minimum absolute atomic E-state index is 0.0145. The van der Waals surface area contributed by atoms with Gasteiger partial charge in [-0.25, -0.2) is 4.98 Å². The van der Waals surface area contributed by atoms with Crippen molar-refractivity contribution >= 4 is 23.5 Å². The lowest BCUT2D eigenvalue weighted by Crippen LogP contribution is -2.38. The van der Waals surface area contributed by atoms with E-state index in [9.17, 15) is 9.59 Å². The summed E-state index contributed by atoms with van der Waals surface area (Å²) in [5.41, 5.74) is 2.18. The molecule has 1 amide bonds. The van der Waals surface area contributed by atoms with Crippen LogP contribution in [0, 0.1) is 0 Å². The second-order valence-corrected chi connectivity index (χ2v) is 7.65. The molecule has 142 valence electrons. The highest BCUT2D eigenvalue weighted by molar-refractivity contribution is 6.30. The van der Waals surface area contributed by atoms with Gasteiger partial charge in [-0.05, 0) is 37.7 Å². The highest BCUT2D eigenvalue weighted by atomic mass is 35.5. The normalized spacial score (nSPS) is 19.8. The minimum atomic E-state index is -0.117. The van der Waals surface area contributed by atoms with Crippen LogP contribution in [0.25, 0.3) is 0 Å². The molecular weight excluding hydrogens is 366 g/mol. The van der Waals surface area contributed by atoms with Crippen molar-refractivity contribution < 1.29 is 4.79 Å². The zero-order valence-corrected chi connectivity index (χ0v) is 15.9. The molecule has 1 saturated heterocycles. The highest BCUT2D eigenvalue weighted by Gasteiger charge is 2.27. The summed E-state index contributed by atoms with van der Waals surface area (Å²) in [7, 11) is 2.00. The molecule has 1 aromatic carbocycles. The Balaban J connectivity index is 1.44. The van der Waals surface area contributed by atoms with Gasteiger partial charge in [0.25, 0.3) is 11.5 Å². The van der Waals surface area contributed by atoms with E-state index >= 15 is 0 Å². The summed E-state index contributed by atoms with van der Waals surface area (Å²) in [5.74, 6) is 0.486. The quantitative estimate of drug-likeness (QED) is 0.832. The Kier molecular flexibility index (Phi) is 4.88. The molecule has 27 heavy (non-hydrogen) atoms. The lowest BCUT2D eigenvalue weighted by Gasteiger charge is -2.25. The third-order valence-corrected chi connectivity index (χ3v) is 5.43. The van der Waals surface area contributed by atoms with Gasteiger partial charge in [0.05, 0.1) is 11.3 Å². The maximum absolute atomic E-state index is 12.4. The standard InChI is InChI=1S/C19H22ClN5O2/c1-24-8-7-16-15(11-24)18(27)23-19(22-16)25-9-6-14(10-25)21-17(26)12-2-4-13(20)5-3-12/h2-5,14H,6-11H2,1H3,(H,21,26)(H,22,23,27). The van der Waals surface area contributed by atoms with Crippen molar-refractivity contribution in [3.63, 3.8) is 0 Å². The third kappa shape index (κ3) is 3.84. The molecule has 0 spiro atoms. The lowest BCUT2D eigenvalue weighted by atomic mass is 10.1. The van der Waals surface area contributed by atoms with Crippen LogP contribution in [0.1, 0.15) is 28.0 Å². The van der Waals surface area contributed by atoms with Crippen LogP contribution in [-0.2, 0) is 13.0 Å². The number of H-pyrrole nitrogens is 1. The van der Waals surface area contributed by atoms with Crippen LogP contribution in [0.2, 0.25) is 5.02 Å². The molecule has 2 N–H and O–H groups in total. The molecule has 0 radical (unpaired) electrons. The van der Waals surface area contributed by atoms with E-state index in [0.29, 0.717) is 29.6 Å². The van der Waals surface area contributed by atoms with Gasteiger partial charge in [0.15, 0.2) is 0 Å². The van der Waals surface area contributed by atoms with Crippen LogP contribution in [0.4, 0.5) is 5.95 Å². The number of carbonyl (C=O) groups excluding carboxylic acids is 1. The molecule has 7 nitrogen and oxygen atoms in total. The van der Waals surface area contributed by atoms with Crippen molar-refractivity contribution in [2.45, 2.75) is 25.4 Å². The summed E-state index contributed by atoms with van der Waals surface area (Å²) in [4.78, 5) is 36.6. The number of aromatic nitrogens is 2. The number of benzene rings is 1. The van der Waals surface area contributed by atoms with Crippen LogP contribution >= 0.6 is 11.6 Å². The van der Waals surface area contributed by atoms with E-state index in [2.05, 4.69) is 20.2 Å². The van der Waals surface area contributed by atoms with Gasteiger partial charge < -0.3 is 15.1 Å². The molecule has 0 bridgehead atoms. The largest absolute Gasteiger partial charge is 0.347 e. The van der Waals surface area contributed by atoms with Crippen molar-refractivity contribution in [3.8, 4) is 0 Å². The molecule has 4 rings (SSSR count). The molecular formula is C19H22ClN5O2. The van der Waals surface area contributed by atoms with E-state index in [1.807, 2.05) is 11.9 Å². The zero-order chi connectivity index (χ0) is 19.0. The minimum Gasteiger partial charge on any atom is -0.347 e. The third-order valence-electron chi connectivity index (χ3n) is 5.18. The van der Waals surface area contributed by atoms with Crippen molar-refractivity contribution in [1.29, 1.82) is 0 Å². The predicted octanol–water partition coefficient (Wildman–Crippen LogP) is 1.42. The number of rotatable bonds is 3. The number of hydrogen-bond donors (Lipinski definition) is 2. The number of hydrogen-bond acceptors (Lipinski definition) is 5. The summed E-state index contributed by atoms with van der Waals surface area (Å²) in [6, 6.07) is 6.85. The number of nitrogens with one attached hydrogen (secondary N) is 2. The second-order valence-electron chi connectivity index (χ2n) is 7.21. The Morgan fingerprint density at radius 1 is 1.30 bits per heavy atom. The van der Waals surface area contributed by atoms with Gasteiger partial charge in [-0.3, -0.25) is 14.6 Å². The maximum Gasteiger partial charge on any atom is 0.257 e. The maximum atomic E-state index is 12.4. The average Bonchev–Trinajstić information content (AvgIpc) is 3.11. The van der Waals surface area contributed by atoms with Crippen LogP contribution in [-0.4, -0.2) is 53.5 Å². The Morgan fingerprint density at radius 2 is 2.07 bits per heavy atom. The molecule has 2 aliphatic heterocycles. The Hall–Kier alpha value is -2.38. The summed E-state index contributed by atoms with van der Waals surface area (Å²) >= 11 is 5.87. The monoisotopic (exact) mass is 387 g/mol. The number of amides is 1. The van der Waals surface area contributed by atoms with Crippen molar-refractivity contribution in [2.24, 2.45) is 0 Å². The molecule has 1 aromatic heterocycles. The highest BCUT2D eigenvalue weighted by Crippen LogP contribution is 2.19. The number of aromatic amines is 1. The smallest absolute Gasteiger partial charge is 0.257 e. The van der Waals surface area contributed by atoms with Crippen molar-refractivity contribution in [1.82, 2.24) is 20.2 Å². The average molecular weight is 388 g/mol. The topological polar surface area (TPSA) is 81.3 Å². The summed E-state index contributed by atoms with van der Waals surface area (Å²) in [6.45, 7) is 2.91. The Labute approximate surface area is 162 Å². The van der Waals surface area contributed by atoms with Crippen molar-refractivity contribution in [3.05, 3.63) is 56.5 Å². The Morgan fingerprint density at radius 3 is 2.85 bits per heavy atom. The van der Waals surface area contributed by atoms with Gasteiger partial charge >= 0.3 is 0 Å². The predicted molar refractivity (Wildman–Crippen MR) is 104 cm³/mol. The molecule has 0 saturated carbocycles. The van der Waals surface area contributed by atoms with Gasteiger partial charge in [0.1, 0.15) is 0 Å². The van der Waals surface area contributed by atoms with E-state index in [0.717, 1.165) is 37.2 Å². The lowest BCUT2D eigenvalue weighted by molar-refractivity contribution is 0.0940. The van der Waals surface area contributed by atoms with E-state index in [1.54, 1.807) is 24.3 Å². The van der Waals surface area contributed by atoms with Crippen LogP contribution in [0.3, 0.4) is 0 Å². The van der Waals surface area contributed by atoms with Crippen LogP contribution < -0.4 is 15.8 Å². The first-order valence-electron chi connectivity index (χ1n) is 9.11. The molecule has 0 aliphatic carbocycles. The van der Waals surface area contributed by atoms with E-state index < -0.39 is 0 Å². The number of likely N-dealkylation sites (N-methyl/N-ethyl adjacent to an activating group) is 1. The molecule has 1 fully saturated rings. The Bertz CT molecular complexity index is 911. The molecule has 8 heteroatoms. The molecule has 3 heterocycles. The van der Waals surface area contributed by atoms with Crippen LogP contribution in [0.5, 0.6) is 0 Å². The van der Waals surface area contributed by atoms with Crippen molar-refractivity contribution in [2.75, 3.05) is 31.6 Å². The SMILES string of the molecule is CN1CCc2nc(N3CCC(NC(=O)c4ccc(Cl)cc4)C3)[nH]c(=O)c2C1. The van der Waals surface area contributed by atoms with Gasteiger partial charge in [0.2, 0.25) is 5.95 Å². The van der Waals surface area contributed by atoms with Gasteiger partial charge in [0, 0.05) is 49.2 Å². The summed E-state index contributed by atoms with van der Waals surface area (Å²) in [5, 5.41) is 3.65. The summed E-state index contributed by atoms with van der Waals surface area (Å²) in [6.07, 6.45) is 1.59. The van der Waals surface area contributed by atoms with Gasteiger partial charge in [-0.2, -0.15) is 0 Å². The zero-order valence-electron chi connectivity index (χ0n) is 15.2. The van der Waals surface area contributed by atoms with Crippen LogP contribution in [0.15, 0.2) is 29.1 Å².